The number of hydrogen-bond acceptors (Lipinski definition) is 3. The topological polar surface area (TPSA) is 38.3 Å². The van der Waals surface area contributed by atoms with Crippen LogP contribution in [0.2, 0.25) is 0 Å². The molecule has 2 aromatic rings. The number of fused-ring (bicyclic) bond motifs is 1. The van der Waals surface area contributed by atoms with Crippen molar-refractivity contribution in [1.82, 2.24) is 0 Å². The molecule has 0 saturated heterocycles. The van der Waals surface area contributed by atoms with Gasteiger partial charge in [-0.15, -0.1) is 0 Å². The first-order valence-electron chi connectivity index (χ1n) is 11.2. The van der Waals surface area contributed by atoms with E-state index in [1.807, 2.05) is 24.3 Å². The highest BCUT2D eigenvalue weighted by molar-refractivity contribution is 5.89. The van der Waals surface area contributed by atoms with E-state index in [0.717, 1.165) is 18.5 Å². The maximum absolute atomic E-state index is 11.6. The number of benzene rings is 2. The van der Waals surface area contributed by atoms with Crippen LogP contribution in [0, 0.1) is 0 Å². The first-order valence-corrected chi connectivity index (χ1v) is 11.2. The molecule has 3 rings (SSSR count). The lowest BCUT2D eigenvalue weighted by Crippen LogP contribution is -2.28. The normalized spacial score (nSPS) is 16.0. The number of carbonyl (C=O) groups excluding carboxylic acids is 1. The third-order valence-electron chi connectivity index (χ3n) is 6.24. The Balaban J connectivity index is 1.82. The third-order valence-corrected chi connectivity index (χ3v) is 6.24. The zero-order chi connectivity index (χ0) is 21.6. The van der Waals surface area contributed by atoms with E-state index in [9.17, 15) is 4.79 Å². The highest BCUT2D eigenvalue weighted by Gasteiger charge is 2.27. The van der Waals surface area contributed by atoms with Gasteiger partial charge in [0, 0.05) is 18.2 Å². The summed E-state index contributed by atoms with van der Waals surface area (Å²) >= 11 is 0. The van der Waals surface area contributed by atoms with Gasteiger partial charge in [0.25, 0.3) is 0 Å². The summed E-state index contributed by atoms with van der Waals surface area (Å²) in [5.41, 5.74) is 6.00. The lowest BCUT2D eigenvalue weighted by molar-refractivity contribution is 0.0600. The van der Waals surface area contributed by atoms with Crippen LogP contribution < -0.4 is 5.32 Å². The molecule has 0 fully saturated rings. The van der Waals surface area contributed by atoms with E-state index in [-0.39, 0.29) is 11.4 Å². The zero-order valence-electron chi connectivity index (χ0n) is 18.8. The number of methoxy groups -OCH3 is 1. The van der Waals surface area contributed by atoms with Crippen molar-refractivity contribution in [2.24, 2.45) is 0 Å². The average molecular weight is 406 g/mol. The third kappa shape index (κ3) is 5.33. The summed E-state index contributed by atoms with van der Waals surface area (Å²) in [6.45, 7) is 7.96. The van der Waals surface area contributed by atoms with Gasteiger partial charge in [0.2, 0.25) is 0 Å². The zero-order valence-corrected chi connectivity index (χ0v) is 18.8. The minimum absolute atomic E-state index is 0.230. The van der Waals surface area contributed by atoms with Crippen molar-refractivity contribution in [2.75, 3.05) is 19.0 Å². The van der Waals surface area contributed by atoms with Crippen molar-refractivity contribution in [3.63, 3.8) is 0 Å². The number of hydrogen-bond donors (Lipinski definition) is 1. The molecule has 0 bridgehead atoms. The largest absolute Gasteiger partial charge is 0.465 e. The first kappa shape index (κ1) is 22.1. The Morgan fingerprint density at radius 2 is 1.93 bits per heavy atom. The smallest absolute Gasteiger partial charge is 0.337 e. The van der Waals surface area contributed by atoms with Gasteiger partial charge in [-0.3, -0.25) is 0 Å². The Bertz CT molecular complexity index is 880. The molecule has 0 aliphatic carbocycles. The Morgan fingerprint density at radius 1 is 1.17 bits per heavy atom. The highest BCUT2D eigenvalue weighted by atomic mass is 16.5. The second kappa shape index (κ2) is 9.97. The molecule has 3 nitrogen and oxygen atoms in total. The number of nitrogens with one attached hydrogen (secondary N) is 1. The van der Waals surface area contributed by atoms with Gasteiger partial charge in [-0.05, 0) is 53.1 Å². The lowest BCUT2D eigenvalue weighted by Gasteiger charge is -2.34. The van der Waals surface area contributed by atoms with E-state index in [1.165, 1.54) is 49.6 Å². The predicted octanol–water partition coefficient (Wildman–Crippen LogP) is 6.94. The summed E-state index contributed by atoms with van der Waals surface area (Å²) in [7, 11) is 1.41. The van der Waals surface area contributed by atoms with Crippen LogP contribution >= 0.6 is 0 Å². The van der Waals surface area contributed by atoms with Crippen molar-refractivity contribution < 1.29 is 9.53 Å². The van der Waals surface area contributed by atoms with E-state index < -0.39 is 0 Å². The second-order valence-electron chi connectivity index (χ2n) is 8.94. The molecule has 1 atom stereocenters. The summed E-state index contributed by atoms with van der Waals surface area (Å²) in [5, 5.41) is 3.61. The van der Waals surface area contributed by atoms with Gasteiger partial charge in [0.1, 0.15) is 0 Å². The summed E-state index contributed by atoms with van der Waals surface area (Å²) in [5.74, 6) is 0.0847. The maximum Gasteiger partial charge on any atom is 0.337 e. The van der Waals surface area contributed by atoms with Crippen LogP contribution in [0.5, 0.6) is 0 Å². The van der Waals surface area contributed by atoms with Crippen LogP contribution in [0.1, 0.15) is 85.8 Å². The standard InChI is InChI=1S/C27H35NO2/c1-5-6-7-8-21(12-9-20-10-13-22(14-11-20)26(29)30-4)23-15-16-24-25(19-23)28-18-17-27(24,2)3/h9-16,19,21,28H,5-8,17-18H2,1-4H3/b12-9+. The molecule has 0 amide bonds. The Kier molecular flexibility index (Phi) is 7.36. The molecular formula is C27H35NO2. The van der Waals surface area contributed by atoms with E-state index in [4.69, 9.17) is 4.74 Å². The first-order chi connectivity index (χ1) is 14.4. The van der Waals surface area contributed by atoms with Gasteiger partial charge >= 0.3 is 5.97 Å². The van der Waals surface area contributed by atoms with Crippen molar-refractivity contribution in [3.05, 3.63) is 70.8 Å². The Hall–Kier alpha value is -2.55. The molecule has 0 aromatic heterocycles. The van der Waals surface area contributed by atoms with Gasteiger partial charge in [0.05, 0.1) is 12.7 Å². The van der Waals surface area contributed by atoms with Crippen molar-refractivity contribution in [2.45, 2.75) is 64.2 Å². The molecule has 1 aliphatic rings. The Morgan fingerprint density at radius 3 is 2.63 bits per heavy atom. The van der Waals surface area contributed by atoms with Crippen molar-refractivity contribution in [1.29, 1.82) is 0 Å². The van der Waals surface area contributed by atoms with E-state index in [2.05, 4.69) is 56.4 Å². The number of allylic oxidation sites excluding steroid dienone is 1. The molecule has 1 N–H and O–H groups in total. The molecular weight excluding hydrogens is 370 g/mol. The van der Waals surface area contributed by atoms with Crippen LogP contribution in [0.25, 0.3) is 6.08 Å². The maximum atomic E-state index is 11.6. The second-order valence-corrected chi connectivity index (χ2v) is 8.94. The number of esters is 1. The molecule has 30 heavy (non-hydrogen) atoms. The van der Waals surface area contributed by atoms with Gasteiger partial charge < -0.3 is 10.1 Å². The predicted molar refractivity (Wildman–Crippen MR) is 126 cm³/mol. The summed E-state index contributed by atoms with van der Waals surface area (Å²) in [4.78, 5) is 11.6. The average Bonchev–Trinajstić information content (AvgIpc) is 2.75. The fraction of sp³-hybridized carbons (Fsp3) is 0.444. The number of rotatable bonds is 8. The van der Waals surface area contributed by atoms with E-state index in [1.54, 1.807) is 0 Å². The van der Waals surface area contributed by atoms with Gasteiger partial charge in [-0.25, -0.2) is 4.79 Å². The molecule has 1 unspecified atom stereocenters. The van der Waals surface area contributed by atoms with Crippen LogP contribution in [-0.2, 0) is 10.2 Å². The van der Waals surface area contributed by atoms with Gasteiger partial charge in [0.15, 0.2) is 0 Å². The van der Waals surface area contributed by atoms with Crippen molar-refractivity contribution in [3.8, 4) is 0 Å². The fourth-order valence-electron chi connectivity index (χ4n) is 4.24. The number of unbranched alkanes of at least 4 members (excludes halogenated alkanes) is 2. The molecule has 160 valence electrons. The summed E-state index contributed by atoms with van der Waals surface area (Å²) in [6.07, 6.45) is 10.5. The number of anilines is 1. The van der Waals surface area contributed by atoms with Crippen LogP contribution in [0.15, 0.2) is 48.5 Å². The minimum atomic E-state index is -0.299. The van der Waals surface area contributed by atoms with Gasteiger partial charge in [-0.1, -0.05) is 76.5 Å². The summed E-state index contributed by atoms with van der Waals surface area (Å²) < 4.78 is 4.78. The molecule has 0 spiro atoms. The highest BCUT2D eigenvalue weighted by Crippen LogP contribution is 2.39. The molecule has 0 saturated carbocycles. The van der Waals surface area contributed by atoms with Gasteiger partial charge in [-0.2, -0.15) is 0 Å². The van der Waals surface area contributed by atoms with Crippen LogP contribution in [0.3, 0.4) is 0 Å². The van der Waals surface area contributed by atoms with E-state index >= 15 is 0 Å². The minimum Gasteiger partial charge on any atom is -0.465 e. The molecule has 2 aromatic carbocycles. The molecule has 3 heteroatoms. The van der Waals surface area contributed by atoms with Crippen LogP contribution in [-0.4, -0.2) is 19.6 Å². The quantitative estimate of drug-likeness (QED) is 0.382. The lowest BCUT2D eigenvalue weighted by atomic mass is 9.77. The number of ether oxygens (including phenoxy) is 1. The van der Waals surface area contributed by atoms with Crippen molar-refractivity contribution >= 4 is 17.7 Å². The molecule has 0 radical (unpaired) electrons. The SMILES string of the molecule is CCCCCC(/C=C/c1ccc(C(=O)OC)cc1)c1ccc2c(c1)NCCC2(C)C. The molecule has 1 aliphatic heterocycles. The molecule has 1 heterocycles. The number of carbonyl (C=O) groups is 1. The van der Waals surface area contributed by atoms with E-state index in [0.29, 0.717) is 11.5 Å². The summed E-state index contributed by atoms with van der Waals surface area (Å²) in [6, 6.07) is 14.6. The monoisotopic (exact) mass is 405 g/mol. The Labute approximate surface area is 181 Å². The van der Waals surface area contributed by atoms with Crippen LogP contribution in [0.4, 0.5) is 5.69 Å². The fourth-order valence-corrected chi connectivity index (χ4v) is 4.24.